The number of rotatable bonds is 40. The zero-order chi connectivity index (χ0) is 37.8. The van der Waals surface area contributed by atoms with Gasteiger partial charge in [-0.3, -0.25) is 9.59 Å². The van der Waals surface area contributed by atoms with E-state index in [1.165, 1.54) is 128 Å². The predicted octanol–water partition coefficient (Wildman–Crippen LogP) is 14.2. The molecule has 0 heterocycles. The number of hydrogen-bond acceptors (Lipinski definition) is 5. The van der Waals surface area contributed by atoms with Crippen LogP contribution in [0, 0.1) is 0 Å². The third-order valence-electron chi connectivity index (χ3n) is 9.57. The molecule has 0 spiro atoms. The van der Waals surface area contributed by atoms with E-state index < -0.39 is 6.10 Å². The van der Waals surface area contributed by atoms with E-state index in [4.69, 9.17) is 9.47 Å². The Morgan fingerprint density at radius 1 is 0.404 bits per heavy atom. The maximum absolute atomic E-state index is 12.0. The second kappa shape index (κ2) is 43.3. The van der Waals surface area contributed by atoms with Crippen molar-refractivity contribution in [2.45, 2.75) is 225 Å². The summed E-state index contributed by atoms with van der Waals surface area (Å²) in [6.45, 7) is 4.26. The van der Waals surface area contributed by atoms with Crippen LogP contribution >= 0.6 is 0 Å². The van der Waals surface area contributed by atoms with Crippen LogP contribution in [0.15, 0.2) is 48.6 Å². The highest BCUT2D eigenvalue weighted by Gasteiger charge is 2.12. The summed E-state index contributed by atoms with van der Waals surface area (Å²) in [5.41, 5.74) is 0. The van der Waals surface area contributed by atoms with Gasteiger partial charge < -0.3 is 14.6 Å². The van der Waals surface area contributed by atoms with E-state index in [2.05, 4.69) is 62.5 Å². The van der Waals surface area contributed by atoms with Gasteiger partial charge >= 0.3 is 11.9 Å². The maximum atomic E-state index is 12.0. The van der Waals surface area contributed by atoms with Gasteiger partial charge in [-0.1, -0.05) is 197 Å². The minimum absolute atomic E-state index is 0.125. The van der Waals surface area contributed by atoms with Crippen LogP contribution in [0.3, 0.4) is 0 Å². The first-order valence-electron chi connectivity index (χ1n) is 22.2. The van der Waals surface area contributed by atoms with E-state index in [-0.39, 0.29) is 25.2 Å². The lowest BCUT2D eigenvalue weighted by Gasteiger charge is -2.12. The zero-order valence-corrected chi connectivity index (χ0v) is 34.3. The van der Waals surface area contributed by atoms with Gasteiger partial charge in [0.2, 0.25) is 0 Å². The van der Waals surface area contributed by atoms with Gasteiger partial charge in [-0.2, -0.15) is 0 Å². The van der Waals surface area contributed by atoms with Gasteiger partial charge in [0.1, 0.15) is 19.3 Å². The molecule has 0 amide bonds. The standard InChI is InChI=1S/C47H84O5/c1-3-5-7-9-11-13-15-17-19-21-23-25-27-29-31-33-35-37-39-41-46(49)51-43-45(48)44-52-47(50)42-40-38-36-34-32-30-28-26-24-22-20-18-16-14-12-10-8-6-4-2/h11,13,17,19,23,25,29,31,45,48H,3-10,12,14-16,18,20-22,24,26-28,30,32-44H2,1-2H3/b13-11-,19-17-,25-23-,31-29-/t45-/m0/s1. The van der Waals surface area contributed by atoms with Gasteiger partial charge in [0.05, 0.1) is 0 Å². The molecule has 302 valence electrons. The molecule has 5 heteroatoms. The van der Waals surface area contributed by atoms with Gasteiger partial charge in [0.25, 0.3) is 0 Å². The summed E-state index contributed by atoms with van der Waals surface area (Å²) in [7, 11) is 0. The Morgan fingerprint density at radius 3 is 1.04 bits per heavy atom. The Bertz CT molecular complexity index is 873. The summed E-state index contributed by atoms with van der Waals surface area (Å²) in [5.74, 6) is -0.594. The topological polar surface area (TPSA) is 72.8 Å². The summed E-state index contributed by atoms with van der Waals surface area (Å²) < 4.78 is 10.3. The van der Waals surface area contributed by atoms with E-state index in [0.717, 1.165) is 64.2 Å². The normalized spacial score (nSPS) is 12.6. The van der Waals surface area contributed by atoms with Crippen molar-refractivity contribution >= 4 is 11.9 Å². The second-order valence-corrected chi connectivity index (χ2v) is 14.8. The first-order chi connectivity index (χ1) is 25.6. The molecular weight excluding hydrogens is 645 g/mol. The lowest BCUT2D eigenvalue weighted by Crippen LogP contribution is -2.25. The Morgan fingerprint density at radius 2 is 0.673 bits per heavy atom. The van der Waals surface area contributed by atoms with E-state index in [0.29, 0.717) is 12.8 Å². The second-order valence-electron chi connectivity index (χ2n) is 14.8. The summed E-state index contributed by atoms with van der Waals surface area (Å²) in [6.07, 6.45) is 54.6. The monoisotopic (exact) mass is 729 g/mol. The Hall–Kier alpha value is -2.14. The van der Waals surface area contributed by atoms with Crippen molar-refractivity contribution in [2.75, 3.05) is 13.2 Å². The maximum Gasteiger partial charge on any atom is 0.305 e. The van der Waals surface area contributed by atoms with Crippen molar-refractivity contribution < 1.29 is 24.2 Å². The summed E-state index contributed by atoms with van der Waals surface area (Å²) in [5, 5.41) is 10.0. The number of hydrogen-bond donors (Lipinski definition) is 1. The highest BCUT2D eigenvalue weighted by Crippen LogP contribution is 2.15. The number of ether oxygens (including phenoxy) is 2. The molecule has 1 atom stereocenters. The molecule has 0 aliphatic carbocycles. The number of aliphatic hydroxyl groups is 1. The van der Waals surface area contributed by atoms with Crippen molar-refractivity contribution in [1.82, 2.24) is 0 Å². The quantitative estimate of drug-likeness (QED) is 0.0386. The fourth-order valence-corrected chi connectivity index (χ4v) is 6.19. The summed E-state index contributed by atoms with van der Waals surface area (Å²) >= 11 is 0. The molecule has 0 aromatic rings. The average Bonchev–Trinajstić information content (AvgIpc) is 3.15. The first kappa shape index (κ1) is 49.9. The number of unbranched alkanes of at least 4 members (excludes halogenated alkanes) is 24. The molecule has 0 rings (SSSR count). The van der Waals surface area contributed by atoms with Crippen molar-refractivity contribution in [2.24, 2.45) is 0 Å². The molecule has 0 unspecified atom stereocenters. The molecule has 0 fully saturated rings. The van der Waals surface area contributed by atoms with E-state index in [1.807, 2.05) is 0 Å². The number of allylic oxidation sites excluding steroid dienone is 8. The highest BCUT2D eigenvalue weighted by atomic mass is 16.6. The minimum atomic E-state index is -0.976. The lowest BCUT2D eigenvalue weighted by atomic mass is 10.0. The van der Waals surface area contributed by atoms with Crippen LogP contribution in [0.25, 0.3) is 0 Å². The van der Waals surface area contributed by atoms with E-state index >= 15 is 0 Å². The van der Waals surface area contributed by atoms with Crippen molar-refractivity contribution in [1.29, 1.82) is 0 Å². The largest absolute Gasteiger partial charge is 0.463 e. The predicted molar refractivity (Wildman–Crippen MR) is 224 cm³/mol. The van der Waals surface area contributed by atoms with Gasteiger partial charge in [-0.25, -0.2) is 0 Å². The molecule has 0 aromatic heterocycles. The Labute approximate surface area is 322 Å². The number of aliphatic hydroxyl groups excluding tert-OH is 1. The molecule has 0 bridgehead atoms. The molecule has 0 aliphatic heterocycles. The number of carbonyl (C=O) groups is 2. The lowest BCUT2D eigenvalue weighted by molar-refractivity contribution is -0.152. The van der Waals surface area contributed by atoms with Crippen LogP contribution in [-0.4, -0.2) is 36.4 Å². The molecule has 1 N–H and O–H groups in total. The molecular formula is C47H84O5. The molecule has 0 aliphatic rings. The van der Waals surface area contributed by atoms with E-state index in [1.54, 1.807) is 0 Å². The average molecular weight is 729 g/mol. The van der Waals surface area contributed by atoms with Crippen LogP contribution < -0.4 is 0 Å². The number of esters is 2. The molecule has 52 heavy (non-hydrogen) atoms. The third kappa shape index (κ3) is 42.3. The highest BCUT2D eigenvalue weighted by molar-refractivity contribution is 5.69. The molecule has 0 aromatic carbocycles. The fourth-order valence-electron chi connectivity index (χ4n) is 6.19. The van der Waals surface area contributed by atoms with Crippen LogP contribution in [-0.2, 0) is 19.1 Å². The van der Waals surface area contributed by atoms with Gasteiger partial charge in [0.15, 0.2) is 0 Å². The third-order valence-corrected chi connectivity index (χ3v) is 9.57. The van der Waals surface area contributed by atoms with Crippen molar-refractivity contribution in [3.8, 4) is 0 Å². The molecule has 0 saturated carbocycles. The smallest absolute Gasteiger partial charge is 0.305 e. The SMILES string of the molecule is CCCCC/C=C\C/C=C\C/C=C\C/C=C\CCCCCC(=O)OC[C@H](O)COC(=O)CCCCCCCCCCCCCCCCCCCCC. The number of carbonyl (C=O) groups excluding carboxylic acids is 2. The zero-order valence-electron chi connectivity index (χ0n) is 34.3. The Balaban J connectivity index is 3.47. The first-order valence-corrected chi connectivity index (χ1v) is 22.2. The van der Waals surface area contributed by atoms with Crippen LogP contribution in [0.1, 0.15) is 219 Å². The van der Waals surface area contributed by atoms with Crippen molar-refractivity contribution in [3.05, 3.63) is 48.6 Å². The van der Waals surface area contributed by atoms with Crippen LogP contribution in [0.2, 0.25) is 0 Å². The van der Waals surface area contributed by atoms with E-state index in [9.17, 15) is 14.7 Å². The molecule has 0 saturated heterocycles. The summed E-state index contributed by atoms with van der Waals surface area (Å²) in [6, 6.07) is 0. The summed E-state index contributed by atoms with van der Waals surface area (Å²) in [4.78, 5) is 24.0. The van der Waals surface area contributed by atoms with Crippen molar-refractivity contribution in [3.63, 3.8) is 0 Å². The van der Waals surface area contributed by atoms with Gasteiger partial charge in [0, 0.05) is 12.8 Å². The minimum Gasteiger partial charge on any atom is -0.463 e. The fraction of sp³-hybridized carbons (Fsp3) is 0.787. The molecule has 0 radical (unpaired) electrons. The van der Waals surface area contributed by atoms with Gasteiger partial charge in [-0.05, 0) is 57.8 Å². The Kier molecular flexibility index (Phi) is 41.5. The molecule has 5 nitrogen and oxygen atoms in total. The van der Waals surface area contributed by atoms with Crippen LogP contribution in [0.5, 0.6) is 0 Å². The van der Waals surface area contributed by atoms with Gasteiger partial charge in [-0.15, -0.1) is 0 Å². The van der Waals surface area contributed by atoms with Crippen LogP contribution in [0.4, 0.5) is 0 Å².